The SMILES string of the molecule is CS(=O)(=O)[As]Cc1ccc2cc(Oc3c(Br)cc(NC(=O)CC(=O)O)cc3Br)ccc2n1. The second kappa shape index (κ2) is 10.3. The van der Waals surface area contributed by atoms with Crippen molar-refractivity contribution in [3.63, 3.8) is 0 Å². The molecule has 0 bridgehead atoms. The Morgan fingerprint density at radius 1 is 1.12 bits per heavy atom. The zero-order valence-electron chi connectivity index (χ0n) is 16.5. The van der Waals surface area contributed by atoms with Crippen LogP contribution in [-0.4, -0.2) is 51.2 Å². The summed E-state index contributed by atoms with van der Waals surface area (Å²) in [5.41, 5.74) is 1.89. The number of aliphatic carboxylic acids is 1. The topological polar surface area (TPSA) is 123 Å². The summed E-state index contributed by atoms with van der Waals surface area (Å²) in [6.45, 7) is 0. The molecule has 0 atom stereocenters. The van der Waals surface area contributed by atoms with Gasteiger partial charge >= 0.3 is 175 Å². The van der Waals surface area contributed by atoms with Crippen LogP contribution in [0.15, 0.2) is 51.4 Å². The van der Waals surface area contributed by atoms with Crippen molar-refractivity contribution in [1.82, 2.24) is 4.98 Å². The van der Waals surface area contributed by atoms with Gasteiger partial charge in [0.25, 0.3) is 0 Å². The Balaban J connectivity index is 1.78. The molecule has 1 heterocycles. The van der Waals surface area contributed by atoms with Crippen LogP contribution in [0.5, 0.6) is 11.5 Å². The summed E-state index contributed by atoms with van der Waals surface area (Å²) in [5.74, 6) is -0.819. The van der Waals surface area contributed by atoms with Crippen molar-refractivity contribution in [3.8, 4) is 11.5 Å². The number of fused-ring (bicyclic) bond motifs is 1. The van der Waals surface area contributed by atoms with E-state index in [0.29, 0.717) is 31.3 Å². The molecule has 2 N–H and O–H groups in total. The molecule has 167 valence electrons. The van der Waals surface area contributed by atoms with Crippen molar-refractivity contribution in [3.05, 3.63) is 57.1 Å². The van der Waals surface area contributed by atoms with Crippen LogP contribution in [0.2, 0.25) is 0 Å². The third kappa shape index (κ3) is 7.03. The maximum absolute atomic E-state index is 11.7. The molecular formula is C20H16AsBr2N2O6S. The van der Waals surface area contributed by atoms with Gasteiger partial charge in [-0.05, 0) is 0 Å². The van der Waals surface area contributed by atoms with Crippen molar-refractivity contribution in [2.24, 2.45) is 0 Å². The third-order valence-corrected chi connectivity index (χ3v) is 10.2. The van der Waals surface area contributed by atoms with Gasteiger partial charge in [0.05, 0.1) is 0 Å². The van der Waals surface area contributed by atoms with Gasteiger partial charge in [0.2, 0.25) is 5.91 Å². The molecule has 0 aliphatic carbocycles. The van der Waals surface area contributed by atoms with Crippen LogP contribution < -0.4 is 10.1 Å². The first-order chi connectivity index (χ1) is 15.0. The number of ether oxygens (including phenoxy) is 1. The molecular weight excluding hydrogens is 631 g/mol. The Morgan fingerprint density at radius 2 is 1.81 bits per heavy atom. The van der Waals surface area contributed by atoms with Gasteiger partial charge in [0.1, 0.15) is 6.42 Å². The standard InChI is InChI=1S/C20H16AsBr2N2O6S/c1-32(29,30)21-10-12-3-2-11-6-14(4-5-17(11)24-12)31-20-15(22)7-13(8-16(20)23)25-18(26)9-19(27)28/h2-8H,9-10H2,1H3,(H,25,26)(H,27,28). The number of rotatable bonds is 8. The van der Waals surface area contributed by atoms with Crippen LogP contribution in [0.1, 0.15) is 12.1 Å². The van der Waals surface area contributed by atoms with Gasteiger partial charge < -0.3 is 10.4 Å². The zero-order valence-corrected chi connectivity index (χ0v) is 22.4. The second-order valence-electron chi connectivity index (χ2n) is 6.67. The first-order valence-electron chi connectivity index (χ1n) is 8.97. The minimum absolute atomic E-state index is 0.411. The third-order valence-electron chi connectivity index (χ3n) is 3.99. The molecule has 32 heavy (non-hydrogen) atoms. The molecule has 8 nitrogen and oxygen atoms in total. The molecule has 0 saturated heterocycles. The number of carboxylic acid groups (broad SMARTS) is 1. The molecule has 2 aromatic carbocycles. The van der Waals surface area contributed by atoms with Crippen molar-refractivity contribution < 1.29 is 27.9 Å². The summed E-state index contributed by atoms with van der Waals surface area (Å²) >= 11 is 5.97. The Kier molecular flexibility index (Phi) is 7.97. The molecule has 0 spiro atoms. The predicted octanol–water partition coefficient (Wildman–Crippen LogP) is 4.13. The van der Waals surface area contributed by atoms with Crippen molar-refractivity contribution in [1.29, 1.82) is 0 Å². The van der Waals surface area contributed by atoms with Crippen LogP contribution >= 0.6 is 31.9 Å². The monoisotopic (exact) mass is 645 g/mol. The number of hydrogen-bond acceptors (Lipinski definition) is 6. The summed E-state index contributed by atoms with van der Waals surface area (Å²) in [4.78, 5) is 26.8. The maximum atomic E-state index is 11.7. The molecule has 0 fully saturated rings. The Morgan fingerprint density at radius 3 is 2.44 bits per heavy atom. The number of amides is 1. The summed E-state index contributed by atoms with van der Waals surface area (Å²) in [6, 6.07) is 12.3. The molecule has 1 aromatic heterocycles. The van der Waals surface area contributed by atoms with E-state index in [1.807, 2.05) is 18.2 Å². The molecule has 3 rings (SSSR count). The van der Waals surface area contributed by atoms with Gasteiger partial charge in [-0.1, -0.05) is 0 Å². The zero-order chi connectivity index (χ0) is 23.5. The van der Waals surface area contributed by atoms with Gasteiger partial charge in [0.15, 0.2) is 0 Å². The molecule has 1 amide bonds. The molecule has 0 aliphatic heterocycles. The van der Waals surface area contributed by atoms with E-state index in [1.54, 1.807) is 24.3 Å². The normalized spacial score (nSPS) is 11.7. The number of carbonyl (C=O) groups is 2. The van der Waals surface area contributed by atoms with Gasteiger partial charge in [0, 0.05) is 0 Å². The quantitative estimate of drug-likeness (QED) is 0.279. The number of carbonyl (C=O) groups excluding carboxylic acids is 1. The molecule has 0 saturated carbocycles. The van der Waals surface area contributed by atoms with Crippen LogP contribution in [0, 0.1) is 0 Å². The predicted molar refractivity (Wildman–Crippen MR) is 129 cm³/mol. The van der Waals surface area contributed by atoms with E-state index in [9.17, 15) is 18.0 Å². The molecule has 1 radical (unpaired) electrons. The van der Waals surface area contributed by atoms with Gasteiger partial charge in [-0.15, -0.1) is 0 Å². The molecule has 3 aromatic rings. The fraction of sp³-hybridized carbons (Fsp3) is 0.150. The summed E-state index contributed by atoms with van der Waals surface area (Å²) in [6.07, 6.45) is 0.612. The van der Waals surface area contributed by atoms with Gasteiger partial charge in [-0.25, -0.2) is 0 Å². The molecule has 0 unspecified atom stereocenters. The molecule has 12 heteroatoms. The fourth-order valence-electron chi connectivity index (χ4n) is 2.67. The fourth-order valence-corrected chi connectivity index (χ4v) is 7.06. The summed E-state index contributed by atoms with van der Waals surface area (Å²) in [7, 11) is -2.96. The van der Waals surface area contributed by atoms with Crippen LogP contribution in [0.25, 0.3) is 10.9 Å². The Labute approximate surface area is 206 Å². The van der Waals surface area contributed by atoms with E-state index in [2.05, 4.69) is 42.2 Å². The summed E-state index contributed by atoms with van der Waals surface area (Å²) in [5, 5.41) is 12.5. The Hall–Kier alpha value is -1.94. The van der Waals surface area contributed by atoms with E-state index in [-0.39, 0.29) is 0 Å². The Bertz CT molecular complexity index is 1290. The van der Waals surface area contributed by atoms with Crippen molar-refractivity contribution in [2.45, 2.75) is 11.6 Å². The number of anilines is 1. The van der Waals surface area contributed by atoms with E-state index in [0.717, 1.165) is 16.6 Å². The number of halogens is 2. The van der Waals surface area contributed by atoms with Gasteiger partial charge in [-0.3, -0.25) is 9.59 Å². The summed E-state index contributed by atoms with van der Waals surface area (Å²) < 4.78 is 29.9. The van der Waals surface area contributed by atoms with Crippen LogP contribution in [0.4, 0.5) is 5.69 Å². The number of benzene rings is 2. The average molecular weight is 647 g/mol. The number of nitrogens with zero attached hydrogens (tertiary/aromatic N) is 1. The van der Waals surface area contributed by atoms with E-state index < -0.39 is 41.0 Å². The van der Waals surface area contributed by atoms with E-state index in [4.69, 9.17) is 9.84 Å². The number of hydrogen-bond donors (Lipinski definition) is 2. The van der Waals surface area contributed by atoms with Crippen molar-refractivity contribution in [2.75, 3.05) is 11.6 Å². The number of pyridine rings is 1. The van der Waals surface area contributed by atoms with Crippen molar-refractivity contribution >= 4 is 83.0 Å². The minimum atomic E-state index is -2.96. The van der Waals surface area contributed by atoms with E-state index >= 15 is 0 Å². The van der Waals surface area contributed by atoms with Crippen LogP contribution in [-0.2, 0) is 22.9 Å². The number of carboxylic acids is 1. The number of aromatic nitrogens is 1. The van der Waals surface area contributed by atoms with Gasteiger partial charge in [-0.2, -0.15) is 0 Å². The second-order valence-corrected chi connectivity index (χ2v) is 16.6. The van der Waals surface area contributed by atoms with E-state index in [1.165, 1.54) is 6.26 Å². The van der Waals surface area contributed by atoms with Crippen LogP contribution in [0.3, 0.4) is 0 Å². The number of nitrogens with one attached hydrogen (secondary N) is 1. The average Bonchev–Trinajstić information content (AvgIpc) is 2.67. The first kappa shape index (κ1) is 24.7. The first-order valence-corrected chi connectivity index (χ1v) is 16.0. The molecule has 0 aliphatic rings.